The fourth-order valence-electron chi connectivity index (χ4n) is 2.01. The van der Waals surface area contributed by atoms with Crippen LogP contribution >= 0.6 is 11.6 Å². The van der Waals surface area contributed by atoms with Crippen LogP contribution in [0.5, 0.6) is 0 Å². The molecule has 0 saturated carbocycles. The molecule has 22 heavy (non-hydrogen) atoms. The monoisotopic (exact) mass is 316 g/mol. The Morgan fingerprint density at radius 3 is 2.23 bits per heavy atom. The smallest absolute Gasteiger partial charge is 0.310 e. The Hall–Kier alpha value is -2.13. The first kappa shape index (κ1) is 16.2. The van der Waals surface area contributed by atoms with Crippen molar-refractivity contribution in [2.24, 2.45) is 0 Å². The van der Waals surface area contributed by atoms with Gasteiger partial charge in [-0.25, -0.2) is 0 Å². The van der Waals surface area contributed by atoms with Gasteiger partial charge in [0.15, 0.2) is 6.10 Å². The first-order valence-electron chi connectivity index (χ1n) is 7.00. The summed E-state index contributed by atoms with van der Waals surface area (Å²) in [6, 6.07) is 14.1. The number of carbonyl (C=O) groups is 2. The predicted molar refractivity (Wildman–Crippen MR) is 86.2 cm³/mol. The first-order chi connectivity index (χ1) is 10.5. The molecule has 0 fully saturated rings. The Labute approximate surface area is 134 Å². The Bertz CT molecular complexity index is 660. The van der Waals surface area contributed by atoms with Crippen LogP contribution in [0.2, 0.25) is 5.02 Å². The quantitative estimate of drug-likeness (QED) is 0.618. The Kier molecular flexibility index (Phi) is 5.34. The molecule has 0 aliphatic rings. The van der Waals surface area contributed by atoms with Crippen molar-refractivity contribution in [1.29, 1.82) is 0 Å². The number of esters is 1. The third-order valence-electron chi connectivity index (χ3n) is 3.28. The summed E-state index contributed by atoms with van der Waals surface area (Å²) in [6.07, 6.45) is -0.689. The van der Waals surface area contributed by atoms with Crippen molar-refractivity contribution in [2.75, 3.05) is 0 Å². The zero-order chi connectivity index (χ0) is 16.1. The maximum Gasteiger partial charge on any atom is 0.310 e. The van der Waals surface area contributed by atoms with E-state index in [1.807, 2.05) is 19.1 Å². The SMILES string of the molecule is Cc1ccc(C(=O)[C@H](C)OC(=O)Cc2ccc(Cl)cc2)cc1. The molecule has 0 aliphatic carbocycles. The highest BCUT2D eigenvalue weighted by Gasteiger charge is 2.19. The zero-order valence-electron chi connectivity index (χ0n) is 12.5. The van der Waals surface area contributed by atoms with Crippen molar-refractivity contribution in [1.82, 2.24) is 0 Å². The molecule has 0 unspecified atom stereocenters. The van der Waals surface area contributed by atoms with Crippen molar-refractivity contribution in [2.45, 2.75) is 26.4 Å². The van der Waals surface area contributed by atoms with Gasteiger partial charge in [0.25, 0.3) is 0 Å². The number of ketones is 1. The highest BCUT2D eigenvalue weighted by Crippen LogP contribution is 2.12. The van der Waals surface area contributed by atoms with Crippen molar-refractivity contribution in [3.8, 4) is 0 Å². The Balaban J connectivity index is 1.94. The summed E-state index contributed by atoms with van der Waals surface area (Å²) in [5.41, 5.74) is 2.41. The van der Waals surface area contributed by atoms with Crippen molar-refractivity contribution >= 4 is 23.4 Å². The van der Waals surface area contributed by atoms with Gasteiger partial charge in [0.05, 0.1) is 6.42 Å². The average Bonchev–Trinajstić information content (AvgIpc) is 2.49. The number of carbonyl (C=O) groups excluding carboxylic acids is 2. The molecule has 0 aromatic heterocycles. The minimum atomic E-state index is -0.803. The summed E-state index contributed by atoms with van der Waals surface area (Å²) in [4.78, 5) is 24.1. The van der Waals surface area contributed by atoms with E-state index in [9.17, 15) is 9.59 Å². The van der Waals surface area contributed by atoms with Gasteiger partial charge in [0.1, 0.15) is 0 Å². The Morgan fingerprint density at radius 2 is 1.64 bits per heavy atom. The van der Waals surface area contributed by atoms with Crippen LogP contribution in [0, 0.1) is 6.92 Å². The lowest BCUT2D eigenvalue weighted by molar-refractivity contribution is -0.145. The van der Waals surface area contributed by atoms with Crippen LogP contribution < -0.4 is 0 Å². The van der Waals surface area contributed by atoms with E-state index in [1.54, 1.807) is 43.3 Å². The molecule has 0 spiro atoms. The molecule has 0 amide bonds. The topological polar surface area (TPSA) is 43.4 Å². The second-order valence-electron chi connectivity index (χ2n) is 5.17. The number of halogens is 1. The van der Waals surface area contributed by atoms with Gasteiger partial charge in [0.2, 0.25) is 5.78 Å². The lowest BCUT2D eigenvalue weighted by atomic mass is 10.1. The van der Waals surface area contributed by atoms with Gasteiger partial charge in [-0.05, 0) is 31.5 Å². The molecule has 0 radical (unpaired) electrons. The number of hydrogen-bond acceptors (Lipinski definition) is 3. The number of hydrogen-bond donors (Lipinski definition) is 0. The van der Waals surface area contributed by atoms with E-state index in [-0.39, 0.29) is 12.2 Å². The van der Waals surface area contributed by atoms with E-state index in [0.29, 0.717) is 10.6 Å². The molecule has 114 valence electrons. The fraction of sp³-hybridized carbons (Fsp3) is 0.222. The van der Waals surface area contributed by atoms with Gasteiger partial charge in [-0.15, -0.1) is 0 Å². The molecule has 2 aromatic carbocycles. The molecule has 0 N–H and O–H groups in total. The third-order valence-corrected chi connectivity index (χ3v) is 3.53. The van der Waals surface area contributed by atoms with Gasteiger partial charge in [-0.2, -0.15) is 0 Å². The van der Waals surface area contributed by atoms with E-state index >= 15 is 0 Å². The van der Waals surface area contributed by atoms with Crippen LogP contribution in [0.15, 0.2) is 48.5 Å². The molecule has 2 rings (SSSR count). The van der Waals surface area contributed by atoms with E-state index in [1.165, 1.54) is 0 Å². The highest BCUT2D eigenvalue weighted by molar-refractivity contribution is 6.30. The number of aryl methyl sites for hydroxylation is 1. The van der Waals surface area contributed by atoms with Gasteiger partial charge in [-0.3, -0.25) is 9.59 Å². The van der Waals surface area contributed by atoms with Gasteiger partial charge in [-0.1, -0.05) is 53.6 Å². The standard InChI is InChI=1S/C18H17ClO3/c1-12-3-7-15(8-4-12)18(21)13(2)22-17(20)11-14-5-9-16(19)10-6-14/h3-10,13H,11H2,1-2H3/t13-/m0/s1. The van der Waals surface area contributed by atoms with Gasteiger partial charge < -0.3 is 4.74 Å². The third kappa shape index (κ3) is 4.43. The summed E-state index contributed by atoms with van der Waals surface area (Å²) in [5, 5.41) is 0.611. The molecule has 0 saturated heterocycles. The van der Waals surface area contributed by atoms with Gasteiger partial charge in [0, 0.05) is 10.6 Å². The second kappa shape index (κ2) is 7.23. The lowest BCUT2D eigenvalue weighted by Crippen LogP contribution is -2.25. The number of ether oxygens (including phenoxy) is 1. The van der Waals surface area contributed by atoms with E-state index in [0.717, 1.165) is 11.1 Å². The summed E-state index contributed by atoms with van der Waals surface area (Å²) in [5.74, 6) is -0.639. The Morgan fingerprint density at radius 1 is 1.05 bits per heavy atom. The van der Waals surface area contributed by atoms with Crippen LogP contribution in [0.4, 0.5) is 0 Å². The molecule has 0 heterocycles. The van der Waals surface area contributed by atoms with Crippen LogP contribution in [0.25, 0.3) is 0 Å². The molecule has 1 atom stereocenters. The van der Waals surface area contributed by atoms with E-state index in [4.69, 9.17) is 16.3 Å². The van der Waals surface area contributed by atoms with E-state index < -0.39 is 12.1 Å². The van der Waals surface area contributed by atoms with Gasteiger partial charge >= 0.3 is 5.97 Å². The van der Waals surface area contributed by atoms with Crippen LogP contribution in [-0.4, -0.2) is 17.9 Å². The number of Topliss-reactive ketones (excluding diaryl/α,β-unsaturated/α-hetero) is 1. The van der Waals surface area contributed by atoms with Crippen LogP contribution in [-0.2, 0) is 16.0 Å². The minimum absolute atomic E-state index is 0.114. The molecule has 0 bridgehead atoms. The maximum absolute atomic E-state index is 12.2. The van der Waals surface area contributed by atoms with Crippen molar-refractivity contribution < 1.29 is 14.3 Å². The predicted octanol–water partition coefficient (Wildman–Crippen LogP) is 4.01. The first-order valence-corrected chi connectivity index (χ1v) is 7.38. The molecule has 2 aromatic rings. The molecule has 0 aliphatic heterocycles. The normalized spacial score (nSPS) is 11.8. The lowest BCUT2D eigenvalue weighted by Gasteiger charge is -2.12. The van der Waals surface area contributed by atoms with Crippen molar-refractivity contribution in [3.05, 3.63) is 70.2 Å². The van der Waals surface area contributed by atoms with Crippen molar-refractivity contribution in [3.63, 3.8) is 0 Å². The molecular formula is C18H17ClO3. The molecular weight excluding hydrogens is 300 g/mol. The summed E-state index contributed by atoms with van der Waals surface area (Å²) < 4.78 is 5.21. The average molecular weight is 317 g/mol. The maximum atomic E-state index is 12.2. The van der Waals surface area contributed by atoms with Crippen LogP contribution in [0.3, 0.4) is 0 Å². The van der Waals surface area contributed by atoms with Crippen LogP contribution in [0.1, 0.15) is 28.4 Å². The highest BCUT2D eigenvalue weighted by atomic mass is 35.5. The largest absolute Gasteiger partial charge is 0.454 e. The summed E-state index contributed by atoms with van der Waals surface area (Å²) in [6.45, 7) is 3.53. The molecule has 3 nitrogen and oxygen atoms in total. The number of rotatable bonds is 5. The zero-order valence-corrected chi connectivity index (χ0v) is 13.3. The second-order valence-corrected chi connectivity index (χ2v) is 5.60. The molecule has 4 heteroatoms. The summed E-state index contributed by atoms with van der Waals surface area (Å²) in [7, 11) is 0. The van der Waals surface area contributed by atoms with E-state index in [2.05, 4.69) is 0 Å². The number of benzene rings is 2. The summed E-state index contributed by atoms with van der Waals surface area (Å²) >= 11 is 5.79. The fourth-order valence-corrected chi connectivity index (χ4v) is 2.14. The minimum Gasteiger partial charge on any atom is -0.454 e.